The Labute approximate surface area is 109 Å². The number of aliphatic carboxylic acids is 1. The van der Waals surface area contributed by atoms with Crippen LogP contribution in [0, 0.1) is 5.92 Å². The van der Waals surface area contributed by atoms with Crippen LogP contribution in [0.15, 0.2) is 24.4 Å². The molecule has 0 radical (unpaired) electrons. The SMILES string of the molecule is CC(C)C(C(=O)O)c1nc(C(=O)O)c2ccccn12. The second kappa shape index (κ2) is 4.72. The van der Waals surface area contributed by atoms with Gasteiger partial charge in [-0.25, -0.2) is 9.78 Å². The summed E-state index contributed by atoms with van der Waals surface area (Å²) in [5.74, 6) is -2.96. The van der Waals surface area contributed by atoms with Gasteiger partial charge in [0, 0.05) is 6.20 Å². The molecule has 2 N–H and O–H groups in total. The van der Waals surface area contributed by atoms with Crippen LogP contribution in [0.25, 0.3) is 5.52 Å². The third kappa shape index (κ3) is 2.16. The fourth-order valence-electron chi connectivity index (χ4n) is 2.13. The van der Waals surface area contributed by atoms with Crippen molar-refractivity contribution in [3.05, 3.63) is 35.9 Å². The molecule has 0 amide bonds. The largest absolute Gasteiger partial charge is 0.481 e. The first kappa shape index (κ1) is 13.1. The zero-order chi connectivity index (χ0) is 14.2. The number of rotatable bonds is 4. The van der Waals surface area contributed by atoms with Crippen molar-refractivity contribution in [1.29, 1.82) is 0 Å². The molecular weight excluding hydrogens is 248 g/mol. The summed E-state index contributed by atoms with van der Waals surface area (Å²) in [5.41, 5.74) is 0.277. The molecule has 0 fully saturated rings. The van der Waals surface area contributed by atoms with Gasteiger partial charge in [0.15, 0.2) is 5.69 Å². The number of aromatic carboxylic acids is 1. The summed E-state index contributed by atoms with van der Waals surface area (Å²) in [6, 6.07) is 5.01. The molecule has 100 valence electrons. The van der Waals surface area contributed by atoms with Crippen molar-refractivity contribution in [2.75, 3.05) is 0 Å². The van der Waals surface area contributed by atoms with E-state index in [4.69, 9.17) is 5.11 Å². The van der Waals surface area contributed by atoms with Crippen LogP contribution in [0.2, 0.25) is 0 Å². The van der Waals surface area contributed by atoms with E-state index in [-0.39, 0.29) is 17.4 Å². The summed E-state index contributed by atoms with van der Waals surface area (Å²) in [6.45, 7) is 3.53. The fraction of sp³-hybridized carbons (Fsp3) is 0.308. The molecule has 0 aliphatic rings. The first-order valence-corrected chi connectivity index (χ1v) is 5.86. The lowest BCUT2D eigenvalue weighted by Crippen LogP contribution is -2.20. The van der Waals surface area contributed by atoms with Crippen LogP contribution in [-0.2, 0) is 4.79 Å². The second-order valence-corrected chi connectivity index (χ2v) is 4.64. The average Bonchev–Trinajstić information content (AvgIpc) is 2.68. The molecule has 0 saturated carbocycles. The van der Waals surface area contributed by atoms with Crippen molar-refractivity contribution >= 4 is 17.5 Å². The summed E-state index contributed by atoms with van der Waals surface area (Å²) >= 11 is 0. The van der Waals surface area contributed by atoms with E-state index in [1.807, 2.05) is 0 Å². The molecule has 2 aromatic heterocycles. The Morgan fingerprint density at radius 1 is 1.26 bits per heavy atom. The number of hydrogen-bond acceptors (Lipinski definition) is 3. The van der Waals surface area contributed by atoms with Gasteiger partial charge in [0.2, 0.25) is 0 Å². The van der Waals surface area contributed by atoms with Gasteiger partial charge < -0.3 is 14.6 Å². The van der Waals surface area contributed by atoms with E-state index in [1.54, 1.807) is 38.2 Å². The first-order valence-electron chi connectivity index (χ1n) is 5.86. The van der Waals surface area contributed by atoms with Crippen molar-refractivity contribution < 1.29 is 19.8 Å². The number of carbonyl (C=O) groups is 2. The fourth-order valence-corrected chi connectivity index (χ4v) is 2.13. The number of hydrogen-bond donors (Lipinski definition) is 2. The summed E-state index contributed by atoms with van der Waals surface area (Å²) in [6.07, 6.45) is 1.63. The normalized spacial score (nSPS) is 12.8. The molecule has 6 heteroatoms. The van der Waals surface area contributed by atoms with Gasteiger partial charge in [-0.2, -0.15) is 0 Å². The topological polar surface area (TPSA) is 91.9 Å². The van der Waals surface area contributed by atoms with Crippen LogP contribution < -0.4 is 0 Å². The molecule has 6 nitrogen and oxygen atoms in total. The number of carboxylic acid groups (broad SMARTS) is 2. The van der Waals surface area contributed by atoms with E-state index < -0.39 is 17.9 Å². The third-order valence-corrected chi connectivity index (χ3v) is 2.99. The van der Waals surface area contributed by atoms with Crippen LogP contribution in [0.4, 0.5) is 0 Å². The van der Waals surface area contributed by atoms with E-state index >= 15 is 0 Å². The van der Waals surface area contributed by atoms with Crippen molar-refractivity contribution in [3.63, 3.8) is 0 Å². The monoisotopic (exact) mass is 262 g/mol. The van der Waals surface area contributed by atoms with E-state index in [9.17, 15) is 14.7 Å². The van der Waals surface area contributed by atoms with Crippen LogP contribution in [0.1, 0.15) is 36.1 Å². The lowest BCUT2D eigenvalue weighted by Gasteiger charge is -2.14. The maximum Gasteiger partial charge on any atom is 0.356 e. The minimum atomic E-state index is -1.16. The molecule has 0 saturated heterocycles. The van der Waals surface area contributed by atoms with Crippen molar-refractivity contribution in [2.45, 2.75) is 19.8 Å². The highest BCUT2D eigenvalue weighted by Crippen LogP contribution is 2.26. The summed E-state index contributed by atoms with van der Waals surface area (Å²) in [5, 5.41) is 18.4. The molecule has 2 aromatic rings. The van der Waals surface area contributed by atoms with Gasteiger partial charge in [0.1, 0.15) is 11.7 Å². The third-order valence-electron chi connectivity index (χ3n) is 2.99. The average molecular weight is 262 g/mol. The van der Waals surface area contributed by atoms with E-state index in [0.717, 1.165) is 0 Å². The summed E-state index contributed by atoms with van der Waals surface area (Å²) in [7, 11) is 0. The summed E-state index contributed by atoms with van der Waals surface area (Å²) < 4.78 is 1.53. The predicted molar refractivity (Wildman–Crippen MR) is 67.4 cm³/mol. The van der Waals surface area contributed by atoms with Crippen molar-refractivity contribution in [3.8, 4) is 0 Å². The summed E-state index contributed by atoms with van der Waals surface area (Å²) in [4.78, 5) is 26.5. The highest BCUT2D eigenvalue weighted by molar-refractivity contribution is 5.94. The van der Waals surface area contributed by atoms with Gasteiger partial charge >= 0.3 is 11.9 Å². The second-order valence-electron chi connectivity index (χ2n) is 4.64. The van der Waals surface area contributed by atoms with Crippen molar-refractivity contribution in [1.82, 2.24) is 9.38 Å². The first-order chi connectivity index (χ1) is 8.93. The zero-order valence-electron chi connectivity index (χ0n) is 10.6. The van der Waals surface area contributed by atoms with Gasteiger partial charge in [-0.15, -0.1) is 0 Å². The van der Waals surface area contributed by atoms with Gasteiger partial charge in [-0.05, 0) is 18.1 Å². The van der Waals surface area contributed by atoms with Crippen LogP contribution in [-0.4, -0.2) is 31.5 Å². The lowest BCUT2D eigenvalue weighted by atomic mass is 9.95. The Morgan fingerprint density at radius 3 is 2.47 bits per heavy atom. The van der Waals surface area contributed by atoms with E-state index in [1.165, 1.54) is 4.40 Å². The van der Waals surface area contributed by atoms with Crippen LogP contribution >= 0.6 is 0 Å². The molecule has 2 heterocycles. The number of pyridine rings is 1. The standard InChI is InChI=1S/C13H14N2O4/c1-7(2)9(12(16)17)11-14-10(13(18)19)8-5-3-4-6-15(8)11/h3-7,9H,1-2H3,(H,16,17)(H,18,19). The smallest absolute Gasteiger partial charge is 0.356 e. The molecule has 0 bridgehead atoms. The van der Waals surface area contributed by atoms with Gasteiger partial charge in [-0.3, -0.25) is 4.79 Å². The highest BCUT2D eigenvalue weighted by atomic mass is 16.4. The zero-order valence-corrected chi connectivity index (χ0v) is 10.6. The van der Waals surface area contributed by atoms with Gasteiger partial charge in [0.05, 0.1) is 5.52 Å². The van der Waals surface area contributed by atoms with Gasteiger partial charge in [-0.1, -0.05) is 19.9 Å². The van der Waals surface area contributed by atoms with Crippen LogP contribution in [0.5, 0.6) is 0 Å². The Hall–Kier alpha value is -2.37. The molecule has 0 aliphatic carbocycles. The molecular formula is C13H14N2O4. The van der Waals surface area contributed by atoms with Crippen LogP contribution in [0.3, 0.4) is 0 Å². The lowest BCUT2D eigenvalue weighted by molar-refractivity contribution is -0.140. The molecule has 0 aliphatic heterocycles. The highest BCUT2D eigenvalue weighted by Gasteiger charge is 2.30. The molecule has 1 unspecified atom stereocenters. The molecule has 2 rings (SSSR count). The number of imidazole rings is 1. The van der Waals surface area contributed by atoms with E-state index in [2.05, 4.69) is 4.98 Å². The predicted octanol–water partition coefficient (Wildman–Crippen LogP) is 1.86. The number of nitrogens with zero attached hydrogens (tertiary/aromatic N) is 2. The minimum absolute atomic E-state index is 0.123. The number of carboxylic acids is 2. The molecule has 19 heavy (non-hydrogen) atoms. The van der Waals surface area contributed by atoms with E-state index in [0.29, 0.717) is 5.52 Å². The number of fused-ring (bicyclic) bond motifs is 1. The Bertz CT molecular complexity index is 645. The minimum Gasteiger partial charge on any atom is -0.481 e. The quantitative estimate of drug-likeness (QED) is 0.877. The Balaban J connectivity index is 2.73. The molecule has 0 spiro atoms. The number of aromatic nitrogens is 2. The van der Waals surface area contributed by atoms with Gasteiger partial charge in [0.25, 0.3) is 0 Å². The Kier molecular flexibility index (Phi) is 3.25. The van der Waals surface area contributed by atoms with Crippen molar-refractivity contribution in [2.24, 2.45) is 5.92 Å². The maximum absolute atomic E-state index is 11.4. The maximum atomic E-state index is 11.4. The molecule has 0 aromatic carbocycles. The Morgan fingerprint density at radius 2 is 1.95 bits per heavy atom. The molecule has 1 atom stereocenters.